The van der Waals surface area contributed by atoms with Gasteiger partial charge in [0.1, 0.15) is 0 Å². The Morgan fingerprint density at radius 2 is 2.30 bits per heavy atom. The second-order valence-electron chi connectivity index (χ2n) is 3.45. The number of likely N-dealkylation sites (tertiary alicyclic amines) is 1. The summed E-state index contributed by atoms with van der Waals surface area (Å²) in [4.78, 5) is 13.1. The zero-order valence-electron chi connectivity index (χ0n) is 6.13. The molecule has 1 aliphatic carbocycles. The summed E-state index contributed by atoms with van der Waals surface area (Å²) in [7, 11) is 1.83. The SMILES string of the molecule is CN1CC(N)C2(CC2)C1=O. The average Bonchev–Trinajstić information content (AvgIpc) is 2.61. The molecule has 1 spiro atoms. The quantitative estimate of drug-likeness (QED) is 0.496. The molecule has 0 aromatic rings. The first-order valence-electron chi connectivity index (χ1n) is 3.68. The van der Waals surface area contributed by atoms with E-state index in [0.717, 1.165) is 19.4 Å². The molecule has 1 saturated carbocycles. The molecule has 1 saturated heterocycles. The lowest BCUT2D eigenvalue weighted by Gasteiger charge is -2.07. The lowest BCUT2D eigenvalue weighted by atomic mass is 10.0. The molecule has 1 heterocycles. The molecular formula is C7H12N2O. The van der Waals surface area contributed by atoms with Crippen LogP contribution in [0.5, 0.6) is 0 Å². The van der Waals surface area contributed by atoms with Crippen LogP contribution in [0.1, 0.15) is 12.8 Å². The summed E-state index contributed by atoms with van der Waals surface area (Å²) >= 11 is 0. The van der Waals surface area contributed by atoms with Gasteiger partial charge in [-0.25, -0.2) is 0 Å². The molecule has 1 amide bonds. The Morgan fingerprint density at radius 3 is 2.50 bits per heavy atom. The zero-order chi connectivity index (χ0) is 7.35. The smallest absolute Gasteiger partial charge is 0.230 e. The van der Waals surface area contributed by atoms with Crippen LogP contribution in [0.3, 0.4) is 0 Å². The summed E-state index contributed by atoms with van der Waals surface area (Å²) in [6.45, 7) is 0.749. The number of rotatable bonds is 0. The number of amides is 1. The average molecular weight is 140 g/mol. The maximum absolute atomic E-state index is 11.3. The van der Waals surface area contributed by atoms with Gasteiger partial charge in [-0.05, 0) is 12.8 Å². The largest absolute Gasteiger partial charge is 0.344 e. The van der Waals surface area contributed by atoms with Gasteiger partial charge in [0, 0.05) is 19.6 Å². The second kappa shape index (κ2) is 1.53. The molecule has 3 heteroatoms. The van der Waals surface area contributed by atoms with E-state index < -0.39 is 0 Å². The molecule has 2 N–H and O–H groups in total. The fourth-order valence-electron chi connectivity index (χ4n) is 1.81. The van der Waals surface area contributed by atoms with E-state index in [9.17, 15) is 4.79 Å². The number of hydrogen-bond donors (Lipinski definition) is 1. The van der Waals surface area contributed by atoms with Gasteiger partial charge in [0.2, 0.25) is 5.91 Å². The van der Waals surface area contributed by atoms with Gasteiger partial charge in [-0.1, -0.05) is 0 Å². The van der Waals surface area contributed by atoms with E-state index in [2.05, 4.69) is 0 Å². The first-order valence-corrected chi connectivity index (χ1v) is 3.68. The van der Waals surface area contributed by atoms with Crippen LogP contribution in [-0.2, 0) is 4.79 Å². The van der Waals surface area contributed by atoms with Crippen LogP contribution in [0.25, 0.3) is 0 Å². The topological polar surface area (TPSA) is 46.3 Å². The van der Waals surface area contributed by atoms with E-state index in [0.29, 0.717) is 0 Å². The number of hydrogen-bond acceptors (Lipinski definition) is 2. The fourth-order valence-corrected chi connectivity index (χ4v) is 1.81. The highest BCUT2D eigenvalue weighted by Crippen LogP contribution is 2.52. The molecule has 2 fully saturated rings. The molecule has 56 valence electrons. The fraction of sp³-hybridized carbons (Fsp3) is 0.857. The van der Waals surface area contributed by atoms with E-state index in [1.54, 1.807) is 4.90 Å². The Bertz CT molecular complexity index is 186. The monoisotopic (exact) mass is 140 g/mol. The maximum atomic E-state index is 11.3. The van der Waals surface area contributed by atoms with E-state index >= 15 is 0 Å². The third kappa shape index (κ3) is 0.515. The first-order chi connectivity index (χ1) is 4.67. The van der Waals surface area contributed by atoms with Crippen LogP contribution in [0.15, 0.2) is 0 Å². The molecule has 10 heavy (non-hydrogen) atoms. The zero-order valence-corrected chi connectivity index (χ0v) is 6.13. The van der Waals surface area contributed by atoms with Gasteiger partial charge < -0.3 is 10.6 Å². The van der Waals surface area contributed by atoms with Crippen LogP contribution in [-0.4, -0.2) is 30.4 Å². The predicted molar refractivity (Wildman–Crippen MR) is 37.3 cm³/mol. The van der Waals surface area contributed by atoms with E-state index in [1.165, 1.54) is 0 Å². The van der Waals surface area contributed by atoms with E-state index in [1.807, 2.05) is 7.05 Å². The molecule has 0 aromatic carbocycles. The van der Waals surface area contributed by atoms with Gasteiger partial charge in [0.05, 0.1) is 5.41 Å². The number of nitrogens with two attached hydrogens (primary N) is 1. The van der Waals surface area contributed by atoms with Crippen molar-refractivity contribution in [1.82, 2.24) is 4.90 Å². The highest BCUT2D eigenvalue weighted by molar-refractivity contribution is 5.88. The van der Waals surface area contributed by atoms with Crippen LogP contribution >= 0.6 is 0 Å². The van der Waals surface area contributed by atoms with Crippen molar-refractivity contribution in [3.63, 3.8) is 0 Å². The number of carbonyl (C=O) groups is 1. The summed E-state index contributed by atoms with van der Waals surface area (Å²) in [5.41, 5.74) is 5.69. The Hall–Kier alpha value is -0.570. The van der Waals surface area contributed by atoms with Crippen molar-refractivity contribution in [2.75, 3.05) is 13.6 Å². The van der Waals surface area contributed by atoms with Crippen LogP contribution < -0.4 is 5.73 Å². The van der Waals surface area contributed by atoms with Gasteiger partial charge in [-0.15, -0.1) is 0 Å². The maximum Gasteiger partial charge on any atom is 0.230 e. The summed E-state index contributed by atoms with van der Waals surface area (Å²) in [5.74, 6) is 0.264. The summed E-state index contributed by atoms with van der Waals surface area (Å²) < 4.78 is 0. The summed E-state index contributed by atoms with van der Waals surface area (Å²) in [5, 5.41) is 0. The van der Waals surface area contributed by atoms with Gasteiger partial charge in [-0.3, -0.25) is 4.79 Å². The molecule has 1 aliphatic heterocycles. The van der Waals surface area contributed by atoms with Crippen molar-refractivity contribution in [3.8, 4) is 0 Å². The Balaban J connectivity index is 2.27. The Kier molecular flexibility index (Phi) is 0.944. The normalized spacial score (nSPS) is 35.6. The van der Waals surface area contributed by atoms with Crippen molar-refractivity contribution < 1.29 is 4.79 Å². The van der Waals surface area contributed by atoms with E-state index in [-0.39, 0.29) is 17.4 Å². The van der Waals surface area contributed by atoms with Gasteiger partial charge in [0.25, 0.3) is 0 Å². The summed E-state index contributed by atoms with van der Waals surface area (Å²) in [6, 6.07) is 0.102. The van der Waals surface area contributed by atoms with Crippen LogP contribution in [0, 0.1) is 5.41 Å². The molecule has 0 radical (unpaired) electrons. The number of carbonyl (C=O) groups excluding carboxylic acids is 1. The molecule has 0 aromatic heterocycles. The van der Waals surface area contributed by atoms with Crippen LogP contribution in [0.4, 0.5) is 0 Å². The van der Waals surface area contributed by atoms with Gasteiger partial charge in [-0.2, -0.15) is 0 Å². The minimum atomic E-state index is -0.102. The van der Waals surface area contributed by atoms with Crippen LogP contribution in [0.2, 0.25) is 0 Å². The predicted octanol–water partition coefficient (Wildman–Crippen LogP) is -0.434. The Morgan fingerprint density at radius 1 is 1.70 bits per heavy atom. The second-order valence-corrected chi connectivity index (χ2v) is 3.45. The standard InChI is InChI=1S/C7H12N2O/c1-9-4-5(8)7(2-3-7)6(9)10/h5H,2-4,8H2,1H3. The Labute approximate surface area is 60.2 Å². The molecular weight excluding hydrogens is 128 g/mol. The highest BCUT2D eigenvalue weighted by Gasteiger charge is 2.59. The molecule has 2 rings (SSSR count). The van der Waals surface area contributed by atoms with Gasteiger partial charge in [0.15, 0.2) is 0 Å². The molecule has 1 atom stereocenters. The minimum absolute atomic E-state index is 0.102. The number of nitrogens with zero attached hydrogens (tertiary/aromatic N) is 1. The lowest BCUT2D eigenvalue weighted by Crippen LogP contribution is -2.31. The highest BCUT2D eigenvalue weighted by atomic mass is 16.2. The lowest BCUT2D eigenvalue weighted by molar-refractivity contribution is -0.131. The molecule has 0 bridgehead atoms. The number of likely N-dealkylation sites (N-methyl/N-ethyl adjacent to an activating group) is 1. The van der Waals surface area contributed by atoms with Gasteiger partial charge >= 0.3 is 0 Å². The van der Waals surface area contributed by atoms with Crippen molar-refractivity contribution in [1.29, 1.82) is 0 Å². The summed E-state index contributed by atoms with van der Waals surface area (Å²) in [6.07, 6.45) is 2.02. The molecule has 3 nitrogen and oxygen atoms in total. The van der Waals surface area contributed by atoms with Crippen molar-refractivity contribution >= 4 is 5.91 Å². The minimum Gasteiger partial charge on any atom is -0.344 e. The van der Waals surface area contributed by atoms with Crippen molar-refractivity contribution in [3.05, 3.63) is 0 Å². The third-order valence-electron chi connectivity index (χ3n) is 2.74. The molecule has 2 aliphatic rings. The van der Waals surface area contributed by atoms with Crippen molar-refractivity contribution in [2.45, 2.75) is 18.9 Å². The molecule has 1 unspecified atom stereocenters. The first kappa shape index (κ1) is 6.16. The van der Waals surface area contributed by atoms with Crippen molar-refractivity contribution in [2.24, 2.45) is 11.1 Å². The third-order valence-corrected chi connectivity index (χ3v) is 2.74. The van der Waals surface area contributed by atoms with E-state index in [4.69, 9.17) is 5.73 Å².